The molecule has 2 nitrogen and oxygen atoms in total. The van der Waals surface area contributed by atoms with Gasteiger partial charge in [0, 0.05) is 10.1 Å². The molecule has 0 spiro atoms. The van der Waals surface area contributed by atoms with Crippen molar-refractivity contribution < 1.29 is 4.74 Å². The first-order chi connectivity index (χ1) is 8.84. The number of rotatable bonds is 0. The first-order valence-corrected chi connectivity index (χ1v) is 7.10. The Hall–Kier alpha value is -1.61. The van der Waals surface area contributed by atoms with Crippen LogP contribution in [0.2, 0.25) is 0 Å². The van der Waals surface area contributed by atoms with Crippen LogP contribution in [-0.2, 0) is 0 Å². The van der Waals surface area contributed by atoms with Crippen molar-refractivity contribution in [3.8, 4) is 5.75 Å². The summed E-state index contributed by atoms with van der Waals surface area (Å²) in [5.74, 6) is 1.91. The monoisotopic (exact) mass is 256 g/mol. The highest BCUT2D eigenvalue weighted by atomic mass is 32.1. The van der Waals surface area contributed by atoms with E-state index in [1.165, 1.54) is 6.42 Å². The van der Waals surface area contributed by atoms with Crippen LogP contribution in [0.1, 0.15) is 30.1 Å². The van der Waals surface area contributed by atoms with Crippen molar-refractivity contribution in [2.75, 3.05) is 0 Å². The summed E-state index contributed by atoms with van der Waals surface area (Å²) in [6.45, 7) is 0. The van der Waals surface area contributed by atoms with Crippen LogP contribution in [0.25, 0.3) is 10.1 Å². The molecule has 1 aromatic carbocycles. The maximum atomic E-state index is 12.4. The molecule has 0 fully saturated rings. The first kappa shape index (κ1) is 10.3. The zero-order valence-corrected chi connectivity index (χ0v) is 10.6. The second-order valence-corrected chi connectivity index (χ2v) is 5.90. The molecule has 1 aliphatic heterocycles. The molecule has 90 valence electrons. The van der Waals surface area contributed by atoms with Gasteiger partial charge in [0.25, 0.3) is 0 Å². The van der Waals surface area contributed by atoms with Crippen LogP contribution in [0, 0.1) is 0 Å². The third-order valence-electron chi connectivity index (χ3n) is 3.70. The van der Waals surface area contributed by atoms with E-state index < -0.39 is 0 Å². The molecule has 2 aliphatic rings. The molecule has 1 unspecified atom stereocenters. The van der Waals surface area contributed by atoms with Gasteiger partial charge in [0.05, 0.1) is 10.8 Å². The predicted octanol–water partition coefficient (Wildman–Crippen LogP) is 3.81. The van der Waals surface area contributed by atoms with Crippen molar-refractivity contribution >= 4 is 21.4 Å². The van der Waals surface area contributed by atoms with Gasteiger partial charge in [-0.05, 0) is 37.5 Å². The van der Waals surface area contributed by atoms with E-state index >= 15 is 0 Å². The van der Waals surface area contributed by atoms with Crippen molar-refractivity contribution in [1.29, 1.82) is 0 Å². The summed E-state index contributed by atoms with van der Waals surface area (Å²) < 4.78 is 6.88. The van der Waals surface area contributed by atoms with Gasteiger partial charge in [0.15, 0.2) is 5.75 Å². The third kappa shape index (κ3) is 1.31. The minimum atomic E-state index is 0.0506. The van der Waals surface area contributed by atoms with Gasteiger partial charge in [-0.2, -0.15) is 0 Å². The summed E-state index contributed by atoms with van der Waals surface area (Å²) in [6.07, 6.45) is 5.50. The van der Waals surface area contributed by atoms with Crippen LogP contribution >= 0.6 is 11.3 Å². The van der Waals surface area contributed by atoms with Crippen LogP contribution in [-0.4, -0.2) is 0 Å². The van der Waals surface area contributed by atoms with E-state index in [0.717, 1.165) is 33.6 Å². The standard InChI is InChI=1S/C15H12O2S/c16-13-10-6-2-4-8-12(10)18-15-9-5-1-3-7-11(9)17-14(13)15/h2,4,6-9H,1,3,5H2. The second-order valence-electron chi connectivity index (χ2n) is 4.81. The topological polar surface area (TPSA) is 26.3 Å². The summed E-state index contributed by atoms with van der Waals surface area (Å²) in [7, 11) is 0. The highest BCUT2D eigenvalue weighted by molar-refractivity contribution is 7.18. The Morgan fingerprint density at radius 1 is 1.28 bits per heavy atom. The fourth-order valence-electron chi connectivity index (χ4n) is 2.81. The van der Waals surface area contributed by atoms with Crippen molar-refractivity contribution in [1.82, 2.24) is 0 Å². The highest BCUT2D eigenvalue weighted by Gasteiger charge is 2.34. The lowest BCUT2D eigenvalue weighted by atomic mass is 9.94. The van der Waals surface area contributed by atoms with Crippen LogP contribution in [0.3, 0.4) is 0 Å². The first-order valence-electron chi connectivity index (χ1n) is 6.28. The molecule has 2 heterocycles. The minimum Gasteiger partial charge on any atom is -0.456 e. The third-order valence-corrected chi connectivity index (χ3v) is 4.97. The number of allylic oxidation sites excluding steroid dienone is 2. The van der Waals surface area contributed by atoms with Crippen molar-refractivity contribution in [3.05, 3.63) is 51.2 Å². The predicted molar refractivity (Wildman–Crippen MR) is 73.4 cm³/mol. The van der Waals surface area contributed by atoms with Crippen LogP contribution in [0.15, 0.2) is 40.9 Å². The Bertz CT molecular complexity index is 727. The number of ether oxygens (including phenoxy) is 1. The van der Waals surface area contributed by atoms with Gasteiger partial charge in [-0.3, -0.25) is 4.79 Å². The lowest BCUT2D eigenvalue weighted by molar-refractivity contribution is 0.402. The van der Waals surface area contributed by atoms with Gasteiger partial charge in [-0.15, -0.1) is 11.3 Å². The second kappa shape index (κ2) is 3.69. The molecule has 0 N–H and O–H groups in total. The van der Waals surface area contributed by atoms with Crippen LogP contribution in [0.4, 0.5) is 0 Å². The SMILES string of the molecule is O=c1c2c(sc3ccccc13)C1CCCC=C1O2. The van der Waals surface area contributed by atoms with Crippen molar-refractivity contribution in [3.63, 3.8) is 0 Å². The average molecular weight is 256 g/mol. The zero-order valence-electron chi connectivity index (χ0n) is 9.81. The van der Waals surface area contributed by atoms with Gasteiger partial charge in [0.1, 0.15) is 5.76 Å². The fourth-order valence-corrected chi connectivity index (χ4v) is 4.07. The quantitative estimate of drug-likeness (QED) is 0.716. The summed E-state index contributed by atoms with van der Waals surface area (Å²) in [5, 5.41) is 0.778. The molecule has 2 aromatic rings. The lowest BCUT2D eigenvalue weighted by Crippen LogP contribution is -2.04. The molecule has 1 atom stereocenters. The average Bonchev–Trinajstić information content (AvgIpc) is 2.79. The molecular formula is C15H12O2S. The Morgan fingerprint density at radius 2 is 2.17 bits per heavy atom. The van der Waals surface area contributed by atoms with Gasteiger partial charge >= 0.3 is 0 Å². The lowest BCUT2D eigenvalue weighted by Gasteiger charge is -2.14. The summed E-state index contributed by atoms with van der Waals surface area (Å²) in [4.78, 5) is 13.5. The number of hydrogen-bond donors (Lipinski definition) is 0. The van der Waals surface area contributed by atoms with Gasteiger partial charge in [-0.1, -0.05) is 12.1 Å². The number of benzene rings is 1. The summed E-state index contributed by atoms with van der Waals surface area (Å²) in [5.41, 5.74) is 0.0506. The molecule has 3 heteroatoms. The smallest absolute Gasteiger partial charge is 0.230 e. The van der Waals surface area contributed by atoms with Crippen molar-refractivity contribution in [2.24, 2.45) is 0 Å². The molecule has 0 amide bonds. The van der Waals surface area contributed by atoms with E-state index in [4.69, 9.17) is 4.74 Å². The molecule has 1 aliphatic carbocycles. The van der Waals surface area contributed by atoms with Gasteiger partial charge in [0.2, 0.25) is 5.43 Å². The van der Waals surface area contributed by atoms with E-state index in [2.05, 4.69) is 6.08 Å². The molecule has 4 rings (SSSR count). The molecule has 0 saturated heterocycles. The summed E-state index contributed by atoms with van der Waals surface area (Å²) >= 11 is 1.71. The maximum absolute atomic E-state index is 12.4. The summed E-state index contributed by atoms with van der Waals surface area (Å²) in [6, 6.07) is 7.79. The van der Waals surface area contributed by atoms with E-state index in [9.17, 15) is 4.79 Å². The van der Waals surface area contributed by atoms with E-state index in [0.29, 0.717) is 11.7 Å². The zero-order chi connectivity index (χ0) is 12.1. The normalized spacial score (nSPS) is 21.1. The number of hydrogen-bond acceptors (Lipinski definition) is 3. The Morgan fingerprint density at radius 3 is 3.11 bits per heavy atom. The molecule has 0 bridgehead atoms. The van der Waals surface area contributed by atoms with E-state index in [1.54, 1.807) is 11.3 Å². The van der Waals surface area contributed by atoms with Gasteiger partial charge < -0.3 is 4.74 Å². The fraction of sp³-hybridized carbons (Fsp3) is 0.267. The number of fused-ring (bicyclic) bond motifs is 4. The molecule has 18 heavy (non-hydrogen) atoms. The molecule has 0 saturated carbocycles. The molecule has 0 radical (unpaired) electrons. The van der Waals surface area contributed by atoms with Gasteiger partial charge in [-0.25, -0.2) is 0 Å². The highest BCUT2D eigenvalue weighted by Crippen LogP contribution is 2.47. The maximum Gasteiger partial charge on any atom is 0.230 e. The Labute approximate surface area is 109 Å². The molecular weight excluding hydrogens is 244 g/mol. The minimum absolute atomic E-state index is 0.0506. The van der Waals surface area contributed by atoms with E-state index in [-0.39, 0.29) is 5.43 Å². The molecule has 1 aromatic heterocycles. The Balaban J connectivity index is 2.05. The largest absolute Gasteiger partial charge is 0.456 e. The van der Waals surface area contributed by atoms with Crippen LogP contribution in [0.5, 0.6) is 5.75 Å². The van der Waals surface area contributed by atoms with E-state index in [1.807, 2.05) is 24.3 Å². The van der Waals surface area contributed by atoms with Crippen molar-refractivity contribution in [2.45, 2.75) is 25.2 Å². The van der Waals surface area contributed by atoms with Crippen LogP contribution < -0.4 is 10.2 Å². The Kier molecular flexibility index (Phi) is 2.12.